The molecule has 0 atom stereocenters. The number of benzene rings is 3. The van der Waals surface area contributed by atoms with Crippen LogP contribution in [0.3, 0.4) is 0 Å². The summed E-state index contributed by atoms with van der Waals surface area (Å²) in [6.07, 6.45) is 1.28. The lowest BCUT2D eigenvalue weighted by Gasteiger charge is -2.26. The van der Waals surface area contributed by atoms with Crippen molar-refractivity contribution in [3.63, 3.8) is 0 Å². The first-order valence-electron chi connectivity index (χ1n) is 10.7. The number of carboxylic acids is 1. The molecule has 188 valence electrons. The minimum atomic E-state index is -1.06. The van der Waals surface area contributed by atoms with Crippen LogP contribution in [0.4, 0.5) is 10.5 Å². The van der Waals surface area contributed by atoms with Gasteiger partial charge in [0.05, 0.1) is 23.4 Å². The minimum Gasteiger partial charge on any atom is -0.493 e. The third kappa shape index (κ3) is 5.58. The topological polar surface area (TPSA) is 122 Å². The summed E-state index contributed by atoms with van der Waals surface area (Å²) in [5.41, 5.74) is 0.984. The Balaban J connectivity index is 1.62. The van der Waals surface area contributed by atoms with Gasteiger partial charge in [0, 0.05) is 5.02 Å². The third-order valence-electron chi connectivity index (χ3n) is 5.31. The number of hydrogen-bond acceptors (Lipinski definition) is 6. The first-order valence-corrected chi connectivity index (χ1v) is 11.4. The molecule has 2 N–H and O–H groups in total. The molecule has 1 aliphatic heterocycles. The van der Waals surface area contributed by atoms with Gasteiger partial charge in [-0.2, -0.15) is 0 Å². The molecule has 11 heteroatoms. The Morgan fingerprint density at radius 2 is 1.78 bits per heavy atom. The van der Waals surface area contributed by atoms with Crippen LogP contribution in [0.25, 0.3) is 6.08 Å². The van der Waals surface area contributed by atoms with Crippen LogP contribution in [0.1, 0.15) is 21.5 Å². The Bertz CT molecular complexity index is 1450. The molecule has 4 amide bonds. The maximum absolute atomic E-state index is 13.1. The fourth-order valence-electron chi connectivity index (χ4n) is 3.56. The number of nitrogens with one attached hydrogen (secondary N) is 1. The molecule has 0 unspecified atom stereocenters. The average molecular weight is 541 g/mol. The Labute approximate surface area is 220 Å². The quantitative estimate of drug-likeness (QED) is 0.321. The van der Waals surface area contributed by atoms with Crippen molar-refractivity contribution in [1.29, 1.82) is 0 Å². The van der Waals surface area contributed by atoms with Crippen LogP contribution >= 0.6 is 23.2 Å². The van der Waals surface area contributed by atoms with E-state index in [1.165, 1.54) is 61.7 Å². The van der Waals surface area contributed by atoms with Gasteiger partial charge in [0.1, 0.15) is 12.2 Å². The van der Waals surface area contributed by atoms with Crippen molar-refractivity contribution in [1.82, 2.24) is 5.32 Å². The van der Waals surface area contributed by atoms with Gasteiger partial charge in [-0.3, -0.25) is 14.9 Å². The molecule has 3 aromatic rings. The molecule has 4 rings (SSSR count). The van der Waals surface area contributed by atoms with Crippen LogP contribution in [-0.2, 0) is 16.2 Å². The molecule has 1 saturated heterocycles. The molecule has 1 heterocycles. The van der Waals surface area contributed by atoms with E-state index in [1.807, 2.05) is 0 Å². The first-order chi connectivity index (χ1) is 17.7. The van der Waals surface area contributed by atoms with Gasteiger partial charge in [0.15, 0.2) is 11.5 Å². The van der Waals surface area contributed by atoms with Gasteiger partial charge in [0.2, 0.25) is 0 Å². The van der Waals surface area contributed by atoms with Gasteiger partial charge in [0.25, 0.3) is 11.8 Å². The Morgan fingerprint density at radius 1 is 1.05 bits per heavy atom. The van der Waals surface area contributed by atoms with Crippen LogP contribution in [0.5, 0.6) is 11.5 Å². The molecule has 1 fully saturated rings. The monoisotopic (exact) mass is 540 g/mol. The molecule has 0 aliphatic carbocycles. The van der Waals surface area contributed by atoms with E-state index in [0.717, 1.165) is 4.90 Å². The zero-order chi connectivity index (χ0) is 26.7. The number of carboxylic acid groups (broad SMARTS) is 1. The largest absolute Gasteiger partial charge is 0.493 e. The van der Waals surface area contributed by atoms with Crippen molar-refractivity contribution >= 4 is 58.8 Å². The predicted octanol–water partition coefficient (Wildman–Crippen LogP) is 4.95. The second-order valence-electron chi connectivity index (χ2n) is 7.76. The molecule has 0 bridgehead atoms. The second kappa shape index (κ2) is 10.7. The smallest absolute Gasteiger partial charge is 0.335 e. The minimum absolute atomic E-state index is 0.0106. The van der Waals surface area contributed by atoms with E-state index in [-0.39, 0.29) is 40.0 Å². The molecule has 9 nitrogen and oxygen atoms in total. The van der Waals surface area contributed by atoms with Crippen molar-refractivity contribution in [3.8, 4) is 11.5 Å². The number of rotatable bonds is 7. The number of barbiturate groups is 1. The van der Waals surface area contributed by atoms with E-state index in [1.54, 1.807) is 12.1 Å². The molecular formula is C26H18Cl2N2O7. The molecule has 0 spiro atoms. The van der Waals surface area contributed by atoms with E-state index in [2.05, 4.69) is 5.32 Å². The van der Waals surface area contributed by atoms with Crippen LogP contribution in [0, 0.1) is 0 Å². The maximum Gasteiger partial charge on any atom is 0.335 e. The standard InChI is InChI=1S/C26H18Cl2N2O7/c1-36-21-12-15(11-20(28)22(21)37-13-14-3-2-4-16(9-14)25(33)34)10-19-23(31)29-26(35)30(24(19)32)18-7-5-17(27)6-8-18/h2-12H,13H2,1H3,(H,33,34)(H,29,31,35). The summed E-state index contributed by atoms with van der Waals surface area (Å²) in [6, 6.07) is 14.3. The highest BCUT2D eigenvalue weighted by Crippen LogP contribution is 2.38. The lowest BCUT2D eigenvalue weighted by Crippen LogP contribution is -2.54. The number of methoxy groups -OCH3 is 1. The number of hydrogen-bond donors (Lipinski definition) is 2. The molecule has 0 radical (unpaired) electrons. The third-order valence-corrected chi connectivity index (χ3v) is 5.84. The number of nitrogens with zero attached hydrogens (tertiary/aromatic N) is 1. The van der Waals surface area contributed by atoms with E-state index >= 15 is 0 Å². The molecular weight excluding hydrogens is 523 g/mol. The van der Waals surface area contributed by atoms with E-state index < -0.39 is 23.8 Å². The summed E-state index contributed by atoms with van der Waals surface area (Å²) in [4.78, 5) is 50.0. The van der Waals surface area contributed by atoms with Crippen molar-refractivity contribution in [2.24, 2.45) is 0 Å². The normalized spacial score (nSPS) is 14.5. The number of urea groups is 1. The zero-order valence-corrected chi connectivity index (χ0v) is 20.7. The lowest BCUT2D eigenvalue weighted by molar-refractivity contribution is -0.122. The van der Waals surface area contributed by atoms with Crippen LogP contribution in [0.2, 0.25) is 10.0 Å². The van der Waals surface area contributed by atoms with Crippen molar-refractivity contribution in [2.75, 3.05) is 12.0 Å². The summed E-state index contributed by atoms with van der Waals surface area (Å²) in [6.45, 7) is 0.0106. The average Bonchev–Trinajstić information content (AvgIpc) is 2.86. The van der Waals surface area contributed by atoms with Crippen LogP contribution in [-0.4, -0.2) is 36.0 Å². The molecule has 1 aliphatic rings. The van der Waals surface area contributed by atoms with Crippen molar-refractivity contribution in [2.45, 2.75) is 6.61 Å². The Hall–Kier alpha value is -4.34. The number of carbonyl (C=O) groups is 4. The van der Waals surface area contributed by atoms with Gasteiger partial charge in [-0.05, 0) is 65.7 Å². The van der Waals surface area contributed by atoms with Gasteiger partial charge < -0.3 is 14.6 Å². The van der Waals surface area contributed by atoms with Gasteiger partial charge in [-0.1, -0.05) is 35.3 Å². The number of anilines is 1. The van der Waals surface area contributed by atoms with E-state index in [9.17, 15) is 19.2 Å². The van der Waals surface area contributed by atoms with Crippen LogP contribution in [0.15, 0.2) is 66.2 Å². The SMILES string of the molecule is COc1cc(C=C2C(=O)NC(=O)N(c3ccc(Cl)cc3)C2=O)cc(Cl)c1OCc1cccc(C(=O)O)c1. The number of amides is 4. The fraction of sp³-hybridized carbons (Fsp3) is 0.0769. The Morgan fingerprint density at radius 3 is 2.46 bits per heavy atom. The summed E-state index contributed by atoms with van der Waals surface area (Å²) in [7, 11) is 1.39. The maximum atomic E-state index is 13.1. The molecule has 0 saturated carbocycles. The number of halogens is 2. The molecule has 37 heavy (non-hydrogen) atoms. The van der Waals surface area contributed by atoms with Crippen LogP contribution < -0.4 is 19.7 Å². The number of aromatic carboxylic acids is 1. The summed E-state index contributed by atoms with van der Waals surface area (Å²) in [5, 5.41) is 11.8. The van der Waals surface area contributed by atoms with Crippen molar-refractivity contribution in [3.05, 3.63) is 93.0 Å². The number of carbonyl (C=O) groups excluding carboxylic acids is 3. The zero-order valence-electron chi connectivity index (χ0n) is 19.2. The van der Waals surface area contributed by atoms with E-state index in [0.29, 0.717) is 16.1 Å². The molecule has 0 aromatic heterocycles. The van der Waals surface area contributed by atoms with Crippen molar-refractivity contribution < 1.29 is 33.8 Å². The fourth-order valence-corrected chi connectivity index (χ4v) is 3.96. The first kappa shape index (κ1) is 25.7. The van der Waals surface area contributed by atoms with Gasteiger partial charge in [-0.25, -0.2) is 14.5 Å². The molecule has 3 aromatic carbocycles. The van der Waals surface area contributed by atoms with Gasteiger partial charge >= 0.3 is 12.0 Å². The summed E-state index contributed by atoms with van der Waals surface area (Å²) >= 11 is 12.3. The lowest BCUT2D eigenvalue weighted by atomic mass is 10.1. The highest BCUT2D eigenvalue weighted by molar-refractivity contribution is 6.39. The second-order valence-corrected chi connectivity index (χ2v) is 8.61. The highest BCUT2D eigenvalue weighted by Gasteiger charge is 2.36. The Kier molecular flexibility index (Phi) is 7.47. The predicted molar refractivity (Wildman–Crippen MR) is 136 cm³/mol. The summed E-state index contributed by atoms with van der Waals surface area (Å²) in [5.74, 6) is -2.36. The van der Waals surface area contributed by atoms with E-state index in [4.69, 9.17) is 37.8 Å². The number of imide groups is 2. The van der Waals surface area contributed by atoms with Gasteiger partial charge in [-0.15, -0.1) is 0 Å². The highest BCUT2D eigenvalue weighted by atomic mass is 35.5. The summed E-state index contributed by atoms with van der Waals surface area (Å²) < 4.78 is 11.2. The number of ether oxygens (including phenoxy) is 2.